The molecule has 0 saturated carbocycles. The van der Waals surface area contributed by atoms with Crippen LogP contribution in [0.2, 0.25) is 0 Å². The number of methoxy groups -OCH3 is 3. The van der Waals surface area contributed by atoms with E-state index in [-0.39, 0.29) is 17.9 Å². The molecule has 1 atom stereocenters. The van der Waals surface area contributed by atoms with Gasteiger partial charge >= 0.3 is 5.97 Å². The molecule has 0 saturated heterocycles. The molecule has 0 aliphatic rings. The quantitative estimate of drug-likeness (QED) is 0.703. The van der Waals surface area contributed by atoms with Gasteiger partial charge in [0.1, 0.15) is 0 Å². The molecule has 1 heterocycles. The Hall–Kier alpha value is -3.36. The molecule has 1 aromatic heterocycles. The summed E-state index contributed by atoms with van der Waals surface area (Å²) in [6.45, 7) is 0. The molecule has 1 aromatic carbocycles. The fourth-order valence-corrected chi connectivity index (χ4v) is 2.32. The number of nitrogens with one attached hydrogen (secondary N) is 1. The molecule has 2 aromatic rings. The molecule has 9 heteroatoms. The summed E-state index contributed by atoms with van der Waals surface area (Å²) in [5.74, 6) is -0.0590. The van der Waals surface area contributed by atoms with E-state index in [9.17, 15) is 9.59 Å². The van der Waals surface area contributed by atoms with Crippen LogP contribution in [0.4, 0.5) is 5.82 Å². The van der Waals surface area contributed by atoms with Gasteiger partial charge in [0, 0.05) is 12.4 Å². The molecule has 9 nitrogen and oxygen atoms in total. The molecular formula is C17H20N4O5. The number of carbonyl (C=O) groups is 2. The van der Waals surface area contributed by atoms with E-state index in [1.165, 1.54) is 33.7 Å². The second kappa shape index (κ2) is 8.65. The fourth-order valence-electron chi connectivity index (χ4n) is 2.32. The molecule has 0 bridgehead atoms. The predicted octanol–water partition coefficient (Wildman–Crippen LogP) is 1.11. The Kier molecular flexibility index (Phi) is 6.31. The van der Waals surface area contributed by atoms with E-state index in [0.717, 1.165) is 0 Å². The summed E-state index contributed by atoms with van der Waals surface area (Å²) in [5, 5.41) is 2.73. The van der Waals surface area contributed by atoms with E-state index in [0.29, 0.717) is 17.1 Å². The van der Waals surface area contributed by atoms with Crippen LogP contribution in [0.5, 0.6) is 11.5 Å². The van der Waals surface area contributed by atoms with Gasteiger partial charge in [-0.3, -0.25) is 9.59 Å². The molecule has 3 N–H and O–H groups in total. The number of rotatable bonds is 7. The molecule has 26 heavy (non-hydrogen) atoms. The van der Waals surface area contributed by atoms with E-state index in [1.807, 2.05) is 0 Å². The standard InChI is InChI=1S/C17H20N4O5/c1-24-12-5-4-10(8-13(12)25-2)11(9-14(22)26-3)21-17(23)15-16(18)20-7-6-19-15/h4-8,11H,9H2,1-3H3,(H2,18,20)(H,21,23). The Labute approximate surface area is 150 Å². The van der Waals surface area contributed by atoms with Gasteiger partial charge in [0.2, 0.25) is 0 Å². The third-order valence-corrected chi connectivity index (χ3v) is 3.66. The fraction of sp³-hybridized carbons (Fsp3) is 0.294. The number of esters is 1. The third-order valence-electron chi connectivity index (χ3n) is 3.66. The lowest BCUT2D eigenvalue weighted by Gasteiger charge is -2.19. The zero-order valence-corrected chi connectivity index (χ0v) is 14.7. The predicted molar refractivity (Wildman–Crippen MR) is 92.8 cm³/mol. The maximum atomic E-state index is 12.5. The number of hydrogen-bond donors (Lipinski definition) is 2. The van der Waals surface area contributed by atoms with Crippen molar-refractivity contribution >= 4 is 17.7 Å². The smallest absolute Gasteiger partial charge is 0.307 e. The average molecular weight is 360 g/mol. The number of nitrogens with two attached hydrogens (primary N) is 1. The van der Waals surface area contributed by atoms with Crippen LogP contribution in [0.25, 0.3) is 0 Å². The van der Waals surface area contributed by atoms with Crippen molar-refractivity contribution in [1.29, 1.82) is 0 Å². The van der Waals surface area contributed by atoms with Crippen molar-refractivity contribution < 1.29 is 23.8 Å². The summed E-state index contributed by atoms with van der Waals surface area (Å²) >= 11 is 0. The highest BCUT2D eigenvalue weighted by molar-refractivity contribution is 5.96. The van der Waals surface area contributed by atoms with Gasteiger partial charge in [0.05, 0.1) is 33.8 Å². The Morgan fingerprint density at radius 3 is 2.42 bits per heavy atom. The summed E-state index contributed by atoms with van der Waals surface area (Å²) < 4.78 is 15.2. The number of nitrogens with zero attached hydrogens (tertiary/aromatic N) is 2. The zero-order chi connectivity index (χ0) is 19.1. The molecule has 2 rings (SSSR count). The lowest BCUT2D eigenvalue weighted by Crippen LogP contribution is -2.31. The van der Waals surface area contributed by atoms with Gasteiger partial charge in [-0.15, -0.1) is 0 Å². The summed E-state index contributed by atoms with van der Waals surface area (Å²) in [5.41, 5.74) is 6.29. The Morgan fingerprint density at radius 2 is 1.81 bits per heavy atom. The second-order valence-corrected chi connectivity index (χ2v) is 5.21. The Balaban J connectivity index is 2.33. The van der Waals surface area contributed by atoms with Crippen molar-refractivity contribution in [1.82, 2.24) is 15.3 Å². The van der Waals surface area contributed by atoms with Crippen molar-refractivity contribution in [3.8, 4) is 11.5 Å². The molecule has 0 spiro atoms. The van der Waals surface area contributed by atoms with Crippen molar-refractivity contribution in [3.63, 3.8) is 0 Å². The molecule has 1 unspecified atom stereocenters. The zero-order valence-electron chi connectivity index (χ0n) is 14.7. The first-order chi connectivity index (χ1) is 12.5. The third kappa shape index (κ3) is 4.38. The van der Waals surface area contributed by atoms with Gasteiger partial charge in [-0.1, -0.05) is 6.07 Å². The van der Waals surface area contributed by atoms with Gasteiger partial charge in [-0.2, -0.15) is 0 Å². The minimum Gasteiger partial charge on any atom is -0.493 e. The lowest BCUT2D eigenvalue weighted by atomic mass is 10.0. The number of hydrogen-bond acceptors (Lipinski definition) is 8. The van der Waals surface area contributed by atoms with Crippen molar-refractivity contribution in [2.75, 3.05) is 27.1 Å². The van der Waals surface area contributed by atoms with Crippen molar-refractivity contribution in [2.45, 2.75) is 12.5 Å². The first-order valence-electron chi connectivity index (χ1n) is 7.66. The largest absolute Gasteiger partial charge is 0.493 e. The molecule has 0 aliphatic heterocycles. The van der Waals surface area contributed by atoms with Gasteiger partial charge in [0.25, 0.3) is 5.91 Å². The van der Waals surface area contributed by atoms with Crippen LogP contribution >= 0.6 is 0 Å². The highest BCUT2D eigenvalue weighted by atomic mass is 16.5. The maximum Gasteiger partial charge on any atom is 0.307 e. The number of aromatic nitrogens is 2. The average Bonchev–Trinajstić information content (AvgIpc) is 2.66. The highest BCUT2D eigenvalue weighted by Crippen LogP contribution is 2.31. The highest BCUT2D eigenvalue weighted by Gasteiger charge is 2.23. The van der Waals surface area contributed by atoms with E-state index in [4.69, 9.17) is 19.9 Å². The first kappa shape index (κ1) is 19.0. The van der Waals surface area contributed by atoms with E-state index >= 15 is 0 Å². The second-order valence-electron chi connectivity index (χ2n) is 5.21. The minimum atomic E-state index is -0.684. The lowest BCUT2D eigenvalue weighted by molar-refractivity contribution is -0.141. The van der Waals surface area contributed by atoms with E-state index in [2.05, 4.69) is 15.3 Å². The SMILES string of the molecule is COC(=O)CC(NC(=O)c1nccnc1N)c1ccc(OC)c(OC)c1. The van der Waals surface area contributed by atoms with Crippen molar-refractivity contribution in [3.05, 3.63) is 41.9 Å². The van der Waals surface area contributed by atoms with Gasteiger partial charge in [-0.25, -0.2) is 9.97 Å². The van der Waals surface area contributed by atoms with Gasteiger partial charge in [-0.05, 0) is 17.7 Å². The van der Waals surface area contributed by atoms with E-state index in [1.54, 1.807) is 18.2 Å². The van der Waals surface area contributed by atoms with E-state index < -0.39 is 17.9 Å². The van der Waals surface area contributed by atoms with Crippen molar-refractivity contribution in [2.24, 2.45) is 0 Å². The van der Waals surface area contributed by atoms with Crippen LogP contribution in [-0.2, 0) is 9.53 Å². The molecule has 138 valence electrons. The maximum absolute atomic E-state index is 12.5. The monoisotopic (exact) mass is 360 g/mol. The summed E-state index contributed by atoms with van der Waals surface area (Å²) in [6.07, 6.45) is 2.65. The minimum absolute atomic E-state index is 0.00544. The number of ether oxygens (including phenoxy) is 3. The molecule has 0 radical (unpaired) electrons. The molecule has 1 amide bonds. The van der Waals surface area contributed by atoms with Crippen LogP contribution in [0.3, 0.4) is 0 Å². The number of benzene rings is 1. The Morgan fingerprint density at radius 1 is 1.12 bits per heavy atom. The number of amides is 1. The first-order valence-corrected chi connectivity index (χ1v) is 7.66. The number of anilines is 1. The van der Waals surface area contributed by atoms with Gasteiger partial charge in [0.15, 0.2) is 23.0 Å². The van der Waals surface area contributed by atoms with Crippen LogP contribution in [-0.4, -0.2) is 43.2 Å². The van der Waals surface area contributed by atoms with Crippen LogP contribution in [0.15, 0.2) is 30.6 Å². The summed E-state index contributed by atoms with van der Waals surface area (Å²) in [7, 11) is 4.29. The number of nitrogen functional groups attached to an aromatic ring is 1. The summed E-state index contributed by atoms with van der Waals surface area (Å²) in [6, 6.07) is 4.39. The molecular weight excluding hydrogens is 340 g/mol. The summed E-state index contributed by atoms with van der Waals surface area (Å²) in [4.78, 5) is 32.0. The number of carbonyl (C=O) groups excluding carboxylic acids is 2. The van der Waals surface area contributed by atoms with Crippen LogP contribution in [0.1, 0.15) is 28.5 Å². The topological polar surface area (TPSA) is 126 Å². The normalized spacial score (nSPS) is 11.3. The van der Waals surface area contributed by atoms with Gasteiger partial charge < -0.3 is 25.3 Å². The Bertz CT molecular complexity index is 796. The van der Waals surface area contributed by atoms with Crippen LogP contribution in [0, 0.1) is 0 Å². The van der Waals surface area contributed by atoms with Crippen LogP contribution < -0.4 is 20.5 Å². The molecule has 0 aliphatic carbocycles. The molecule has 0 fully saturated rings.